The summed E-state index contributed by atoms with van der Waals surface area (Å²) in [7, 11) is 0. The standard InChI is InChI=1S/C16H16N2O3S3/c1-8-10(9-5-4-6-22-9)11-12(19)17-15(18-13(11)24-8)23-7-16(2,3)14(20)21/h4-6H,7H2,1-3H3,(H,20,21)(H,17,18,19). The fraction of sp³-hybridized carbons (Fsp3) is 0.312. The number of carboxylic acids is 1. The monoisotopic (exact) mass is 380 g/mol. The van der Waals surface area contributed by atoms with E-state index in [4.69, 9.17) is 0 Å². The first-order valence-electron chi connectivity index (χ1n) is 7.23. The van der Waals surface area contributed by atoms with Crippen LogP contribution < -0.4 is 5.56 Å². The number of fused-ring (bicyclic) bond motifs is 1. The Balaban J connectivity index is 2.01. The van der Waals surface area contributed by atoms with Crippen molar-refractivity contribution < 1.29 is 9.90 Å². The molecule has 0 saturated heterocycles. The molecule has 0 bridgehead atoms. The van der Waals surface area contributed by atoms with Gasteiger partial charge in [-0.2, -0.15) is 0 Å². The minimum Gasteiger partial charge on any atom is -0.481 e. The Kier molecular flexibility index (Phi) is 4.54. The molecular weight excluding hydrogens is 364 g/mol. The lowest BCUT2D eigenvalue weighted by molar-refractivity contribution is -0.145. The number of hydrogen-bond donors (Lipinski definition) is 2. The van der Waals surface area contributed by atoms with Crippen LogP contribution in [0.2, 0.25) is 0 Å². The summed E-state index contributed by atoms with van der Waals surface area (Å²) in [5, 5.41) is 12.2. The van der Waals surface area contributed by atoms with Crippen LogP contribution in [-0.4, -0.2) is 26.8 Å². The smallest absolute Gasteiger partial charge is 0.309 e. The maximum Gasteiger partial charge on any atom is 0.309 e. The highest BCUT2D eigenvalue weighted by atomic mass is 32.2. The molecule has 0 unspecified atom stereocenters. The van der Waals surface area contributed by atoms with Gasteiger partial charge in [-0.3, -0.25) is 9.59 Å². The van der Waals surface area contributed by atoms with Crippen molar-refractivity contribution in [2.24, 2.45) is 5.41 Å². The van der Waals surface area contributed by atoms with Gasteiger partial charge < -0.3 is 10.1 Å². The minimum atomic E-state index is -0.883. The molecule has 0 radical (unpaired) electrons. The Morgan fingerprint density at radius 3 is 2.83 bits per heavy atom. The van der Waals surface area contributed by atoms with Gasteiger partial charge in [0.1, 0.15) is 4.83 Å². The Morgan fingerprint density at radius 2 is 2.21 bits per heavy atom. The zero-order valence-corrected chi connectivity index (χ0v) is 15.8. The van der Waals surface area contributed by atoms with Crippen molar-refractivity contribution >= 4 is 50.6 Å². The zero-order valence-electron chi connectivity index (χ0n) is 13.4. The van der Waals surface area contributed by atoms with Crippen LogP contribution in [0, 0.1) is 12.3 Å². The van der Waals surface area contributed by atoms with Crippen molar-refractivity contribution in [1.29, 1.82) is 0 Å². The molecule has 3 aromatic heterocycles. The minimum absolute atomic E-state index is 0.177. The van der Waals surface area contributed by atoms with Gasteiger partial charge in [-0.25, -0.2) is 4.98 Å². The Hall–Kier alpha value is -1.64. The number of aromatic nitrogens is 2. The number of nitrogens with zero attached hydrogens (tertiary/aromatic N) is 1. The highest BCUT2D eigenvalue weighted by molar-refractivity contribution is 7.99. The number of H-pyrrole nitrogens is 1. The normalized spacial score (nSPS) is 12.0. The number of aryl methyl sites for hydroxylation is 1. The Morgan fingerprint density at radius 1 is 1.46 bits per heavy atom. The molecule has 3 rings (SSSR count). The van der Waals surface area contributed by atoms with Crippen molar-refractivity contribution in [2.45, 2.75) is 25.9 Å². The van der Waals surface area contributed by atoms with Crippen molar-refractivity contribution in [3.63, 3.8) is 0 Å². The number of carbonyl (C=O) groups is 1. The van der Waals surface area contributed by atoms with Crippen molar-refractivity contribution in [3.05, 3.63) is 32.7 Å². The molecule has 0 saturated carbocycles. The first-order valence-corrected chi connectivity index (χ1v) is 9.91. The average Bonchev–Trinajstić information content (AvgIpc) is 3.11. The first kappa shape index (κ1) is 17.2. The third-order valence-corrected chi connectivity index (χ3v) is 6.85. The molecule has 0 aromatic carbocycles. The van der Waals surface area contributed by atoms with Crippen LogP contribution in [-0.2, 0) is 4.79 Å². The fourth-order valence-corrected chi connectivity index (χ4v) is 5.13. The molecule has 126 valence electrons. The van der Waals surface area contributed by atoms with E-state index in [1.807, 2.05) is 24.4 Å². The topological polar surface area (TPSA) is 83.0 Å². The highest BCUT2D eigenvalue weighted by Crippen LogP contribution is 2.38. The van der Waals surface area contributed by atoms with Gasteiger partial charge in [0, 0.05) is 21.1 Å². The molecule has 8 heteroatoms. The summed E-state index contributed by atoms with van der Waals surface area (Å²) >= 11 is 4.34. The van der Waals surface area contributed by atoms with Gasteiger partial charge in [0.25, 0.3) is 5.56 Å². The average molecular weight is 381 g/mol. The van der Waals surface area contributed by atoms with Crippen LogP contribution >= 0.6 is 34.4 Å². The van der Waals surface area contributed by atoms with Gasteiger partial charge in [0.05, 0.1) is 10.8 Å². The molecule has 0 atom stereocenters. The summed E-state index contributed by atoms with van der Waals surface area (Å²) in [6.45, 7) is 5.30. The van der Waals surface area contributed by atoms with Crippen LogP contribution in [0.5, 0.6) is 0 Å². The lowest BCUT2D eigenvalue weighted by atomic mass is 9.97. The van der Waals surface area contributed by atoms with E-state index in [0.29, 0.717) is 21.1 Å². The summed E-state index contributed by atoms with van der Waals surface area (Å²) in [5.41, 5.74) is -0.115. The predicted octanol–water partition coefficient (Wildman–Crippen LogP) is 4.22. The molecule has 3 heterocycles. The summed E-state index contributed by atoms with van der Waals surface area (Å²) < 4.78 is 0. The Labute approximate surface area is 150 Å². The van der Waals surface area contributed by atoms with Gasteiger partial charge in [0.2, 0.25) is 0 Å². The fourth-order valence-electron chi connectivity index (χ4n) is 2.20. The van der Waals surface area contributed by atoms with E-state index in [2.05, 4.69) is 9.97 Å². The summed E-state index contributed by atoms with van der Waals surface area (Å²) in [5.74, 6) is -0.538. The van der Waals surface area contributed by atoms with Gasteiger partial charge in [-0.15, -0.1) is 22.7 Å². The van der Waals surface area contributed by atoms with E-state index in [1.165, 1.54) is 23.1 Å². The highest BCUT2D eigenvalue weighted by Gasteiger charge is 2.28. The quantitative estimate of drug-likeness (QED) is 0.511. The molecular formula is C16H16N2O3S3. The zero-order chi connectivity index (χ0) is 17.5. The molecule has 24 heavy (non-hydrogen) atoms. The summed E-state index contributed by atoms with van der Waals surface area (Å²) in [4.78, 5) is 33.9. The van der Waals surface area contributed by atoms with Crippen LogP contribution in [0.15, 0.2) is 27.5 Å². The van der Waals surface area contributed by atoms with E-state index in [-0.39, 0.29) is 5.56 Å². The molecule has 5 nitrogen and oxygen atoms in total. The number of rotatable bonds is 5. The number of carboxylic acid groups (broad SMARTS) is 1. The number of thiophene rings is 2. The third-order valence-electron chi connectivity index (χ3n) is 3.63. The predicted molar refractivity (Wildman–Crippen MR) is 100 cm³/mol. The van der Waals surface area contributed by atoms with Gasteiger partial charge in [-0.05, 0) is 32.2 Å². The number of aliphatic carboxylic acids is 1. The van der Waals surface area contributed by atoms with Gasteiger partial charge in [-0.1, -0.05) is 17.8 Å². The second kappa shape index (κ2) is 6.34. The van der Waals surface area contributed by atoms with Crippen LogP contribution in [0.25, 0.3) is 20.7 Å². The second-order valence-corrected chi connectivity index (χ2v) is 9.15. The van der Waals surface area contributed by atoms with Crippen LogP contribution in [0.1, 0.15) is 18.7 Å². The first-order chi connectivity index (χ1) is 11.3. The molecule has 0 amide bonds. The third kappa shape index (κ3) is 3.13. The number of thioether (sulfide) groups is 1. The van der Waals surface area contributed by atoms with Crippen LogP contribution in [0.4, 0.5) is 0 Å². The molecule has 0 aliphatic rings. The van der Waals surface area contributed by atoms with Crippen molar-refractivity contribution in [2.75, 3.05) is 5.75 Å². The van der Waals surface area contributed by atoms with E-state index in [1.54, 1.807) is 25.2 Å². The lowest BCUT2D eigenvalue weighted by Gasteiger charge is -2.17. The summed E-state index contributed by atoms with van der Waals surface area (Å²) in [6.07, 6.45) is 0. The van der Waals surface area contributed by atoms with Gasteiger partial charge >= 0.3 is 5.97 Å². The number of aromatic amines is 1. The molecule has 0 fully saturated rings. The maximum atomic E-state index is 12.6. The molecule has 0 aliphatic heterocycles. The van der Waals surface area contributed by atoms with Crippen LogP contribution in [0.3, 0.4) is 0 Å². The lowest BCUT2D eigenvalue weighted by Crippen LogP contribution is -2.26. The van der Waals surface area contributed by atoms with E-state index >= 15 is 0 Å². The van der Waals surface area contributed by atoms with Crippen molar-refractivity contribution in [3.8, 4) is 10.4 Å². The van der Waals surface area contributed by atoms with Gasteiger partial charge in [0.15, 0.2) is 5.16 Å². The molecule has 3 aromatic rings. The SMILES string of the molecule is Cc1sc2nc(SCC(C)(C)C(=O)O)[nH]c(=O)c2c1-c1cccs1. The van der Waals surface area contributed by atoms with E-state index < -0.39 is 11.4 Å². The maximum absolute atomic E-state index is 12.6. The van der Waals surface area contributed by atoms with E-state index in [9.17, 15) is 14.7 Å². The Bertz CT molecular complexity index is 955. The summed E-state index contributed by atoms with van der Waals surface area (Å²) in [6, 6.07) is 3.96. The molecule has 0 aliphatic carbocycles. The molecule has 2 N–H and O–H groups in total. The largest absolute Gasteiger partial charge is 0.481 e. The van der Waals surface area contributed by atoms with Crippen molar-refractivity contribution in [1.82, 2.24) is 9.97 Å². The van der Waals surface area contributed by atoms with E-state index in [0.717, 1.165) is 15.3 Å². The molecule has 0 spiro atoms. The number of hydrogen-bond acceptors (Lipinski definition) is 6. The number of nitrogens with one attached hydrogen (secondary N) is 1. The second-order valence-electron chi connectivity index (χ2n) is 6.04.